The fraction of sp³-hybridized carbons (Fsp3) is 0.625. The van der Waals surface area contributed by atoms with Gasteiger partial charge in [-0.3, -0.25) is 0 Å². The van der Waals surface area contributed by atoms with Gasteiger partial charge in [0.25, 0.3) is 0 Å². The number of aryl methyl sites for hydroxylation is 1. The summed E-state index contributed by atoms with van der Waals surface area (Å²) in [7, 11) is 0. The van der Waals surface area contributed by atoms with Crippen LogP contribution in [0, 0.1) is 5.92 Å². The summed E-state index contributed by atoms with van der Waals surface area (Å²) in [6, 6.07) is 6.52. The Labute approximate surface area is 110 Å². The van der Waals surface area contributed by atoms with Gasteiger partial charge in [-0.25, -0.2) is 0 Å². The van der Waals surface area contributed by atoms with Crippen molar-refractivity contribution in [1.29, 1.82) is 0 Å². The lowest BCUT2D eigenvalue weighted by Crippen LogP contribution is -2.23. The van der Waals surface area contributed by atoms with Crippen LogP contribution in [0.3, 0.4) is 0 Å². The smallest absolute Gasteiger partial charge is 0.122 e. The number of fused-ring (bicyclic) bond motifs is 1. The van der Waals surface area contributed by atoms with Crippen LogP contribution >= 0.6 is 0 Å². The molecule has 0 bridgehead atoms. The third kappa shape index (κ3) is 3.05. The highest BCUT2D eigenvalue weighted by Gasteiger charge is 2.20. The third-order valence-corrected chi connectivity index (χ3v) is 4.02. The Kier molecular flexibility index (Phi) is 3.84. The first-order valence-corrected chi connectivity index (χ1v) is 7.38. The molecule has 0 unspecified atom stereocenters. The zero-order chi connectivity index (χ0) is 12.2. The van der Waals surface area contributed by atoms with E-state index in [9.17, 15) is 0 Å². The molecule has 3 rings (SSSR count). The van der Waals surface area contributed by atoms with Crippen LogP contribution in [-0.2, 0) is 12.8 Å². The van der Waals surface area contributed by atoms with Gasteiger partial charge < -0.3 is 10.1 Å². The minimum atomic E-state index is 0.795. The van der Waals surface area contributed by atoms with Gasteiger partial charge >= 0.3 is 0 Å². The molecule has 0 aromatic heterocycles. The number of rotatable bonds is 6. The quantitative estimate of drug-likeness (QED) is 0.778. The van der Waals surface area contributed by atoms with Gasteiger partial charge in [0.1, 0.15) is 12.4 Å². The fourth-order valence-electron chi connectivity index (χ4n) is 2.74. The minimum absolute atomic E-state index is 0.795. The van der Waals surface area contributed by atoms with Crippen LogP contribution in [0.5, 0.6) is 5.75 Å². The highest BCUT2D eigenvalue weighted by Crippen LogP contribution is 2.29. The molecule has 0 aliphatic heterocycles. The monoisotopic (exact) mass is 245 g/mol. The molecule has 1 N–H and O–H groups in total. The van der Waals surface area contributed by atoms with E-state index < -0.39 is 0 Å². The normalized spacial score (nSPS) is 18.4. The fourth-order valence-corrected chi connectivity index (χ4v) is 2.74. The van der Waals surface area contributed by atoms with E-state index in [1.165, 1.54) is 56.2 Å². The van der Waals surface area contributed by atoms with Crippen LogP contribution in [0.4, 0.5) is 0 Å². The van der Waals surface area contributed by atoms with Crippen molar-refractivity contribution in [1.82, 2.24) is 5.32 Å². The maximum atomic E-state index is 5.94. The maximum absolute atomic E-state index is 5.94. The average Bonchev–Trinajstić information content (AvgIpc) is 3.23. The van der Waals surface area contributed by atoms with E-state index in [1.54, 1.807) is 0 Å². The number of nitrogens with one attached hydrogen (secondary N) is 1. The molecule has 2 aliphatic carbocycles. The highest BCUT2D eigenvalue weighted by molar-refractivity contribution is 5.41. The molecule has 2 aliphatic rings. The molecule has 18 heavy (non-hydrogen) atoms. The Bertz CT molecular complexity index is 398. The highest BCUT2D eigenvalue weighted by atomic mass is 16.5. The van der Waals surface area contributed by atoms with Crippen molar-refractivity contribution in [2.45, 2.75) is 38.5 Å². The number of hydrogen-bond acceptors (Lipinski definition) is 2. The van der Waals surface area contributed by atoms with Crippen LogP contribution in [0.1, 0.15) is 36.8 Å². The molecule has 0 spiro atoms. The Hall–Kier alpha value is -1.02. The predicted molar refractivity (Wildman–Crippen MR) is 74.2 cm³/mol. The van der Waals surface area contributed by atoms with Gasteiger partial charge in [-0.05, 0) is 68.2 Å². The molecule has 1 fully saturated rings. The summed E-state index contributed by atoms with van der Waals surface area (Å²) in [4.78, 5) is 0. The zero-order valence-electron chi connectivity index (χ0n) is 11.1. The summed E-state index contributed by atoms with van der Waals surface area (Å²) in [6.45, 7) is 2.94. The second-order valence-electron chi connectivity index (χ2n) is 5.60. The lowest BCUT2D eigenvalue weighted by Gasteiger charge is -2.19. The second kappa shape index (κ2) is 5.75. The molecule has 2 heteroatoms. The van der Waals surface area contributed by atoms with Crippen molar-refractivity contribution in [3.8, 4) is 5.75 Å². The molecule has 2 nitrogen and oxygen atoms in total. The van der Waals surface area contributed by atoms with E-state index in [-0.39, 0.29) is 0 Å². The Balaban J connectivity index is 1.48. The zero-order valence-corrected chi connectivity index (χ0v) is 11.1. The topological polar surface area (TPSA) is 21.3 Å². The van der Waals surface area contributed by atoms with Crippen LogP contribution in [0.2, 0.25) is 0 Å². The number of benzene rings is 1. The number of ether oxygens (including phenoxy) is 1. The summed E-state index contributed by atoms with van der Waals surface area (Å²) in [5.74, 6) is 2.08. The SMILES string of the molecule is c1cc2c(c(OCCNCC3CC3)c1)CCCC2. The summed E-state index contributed by atoms with van der Waals surface area (Å²) < 4.78 is 5.94. The lowest BCUT2D eigenvalue weighted by molar-refractivity contribution is 0.308. The van der Waals surface area contributed by atoms with Crippen molar-refractivity contribution >= 4 is 0 Å². The van der Waals surface area contributed by atoms with Crippen LogP contribution in [0.25, 0.3) is 0 Å². The van der Waals surface area contributed by atoms with Crippen LogP contribution in [0.15, 0.2) is 18.2 Å². The van der Waals surface area contributed by atoms with Crippen LogP contribution in [-0.4, -0.2) is 19.7 Å². The summed E-state index contributed by atoms with van der Waals surface area (Å²) in [5.41, 5.74) is 2.97. The predicted octanol–water partition coefficient (Wildman–Crippen LogP) is 2.94. The van der Waals surface area contributed by atoms with E-state index in [0.717, 1.165) is 24.8 Å². The Morgan fingerprint density at radius 3 is 2.94 bits per heavy atom. The molecular formula is C16H23NO. The van der Waals surface area contributed by atoms with Gasteiger partial charge in [-0.2, -0.15) is 0 Å². The third-order valence-electron chi connectivity index (χ3n) is 4.02. The van der Waals surface area contributed by atoms with Crippen molar-refractivity contribution in [3.05, 3.63) is 29.3 Å². The van der Waals surface area contributed by atoms with Crippen molar-refractivity contribution in [2.75, 3.05) is 19.7 Å². The van der Waals surface area contributed by atoms with Gasteiger partial charge in [0.15, 0.2) is 0 Å². The van der Waals surface area contributed by atoms with E-state index in [4.69, 9.17) is 4.74 Å². The molecule has 1 aromatic rings. The molecule has 0 radical (unpaired) electrons. The standard InChI is InChI=1S/C16H23NO/c1-2-6-15-14(4-1)5-3-7-16(15)18-11-10-17-12-13-8-9-13/h3,5,7,13,17H,1-2,4,6,8-12H2. The van der Waals surface area contributed by atoms with Crippen molar-refractivity contribution in [2.24, 2.45) is 5.92 Å². The van der Waals surface area contributed by atoms with Gasteiger partial charge in [-0.1, -0.05) is 12.1 Å². The molecule has 0 atom stereocenters. The van der Waals surface area contributed by atoms with Crippen molar-refractivity contribution in [3.63, 3.8) is 0 Å². The van der Waals surface area contributed by atoms with Crippen LogP contribution < -0.4 is 10.1 Å². The average molecular weight is 245 g/mol. The largest absolute Gasteiger partial charge is 0.492 e. The maximum Gasteiger partial charge on any atom is 0.122 e. The van der Waals surface area contributed by atoms with E-state index in [2.05, 4.69) is 23.5 Å². The molecule has 0 saturated heterocycles. The molecular weight excluding hydrogens is 222 g/mol. The molecule has 1 saturated carbocycles. The summed E-state index contributed by atoms with van der Waals surface area (Å²) in [5, 5.41) is 3.47. The minimum Gasteiger partial charge on any atom is -0.492 e. The van der Waals surface area contributed by atoms with Gasteiger partial charge in [0, 0.05) is 6.54 Å². The first-order valence-electron chi connectivity index (χ1n) is 7.38. The summed E-state index contributed by atoms with van der Waals surface area (Å²) >= 11 is 0. The molecule has 0 amide bonds. The lowest BCUT2D eigenvalue weighted by atomic mass is 9.91. The first-order chi connectivity index (χ1) is 8.93. The molecule has 0 heterocycles. The van der Waals surface area contributed by atoms with Gasteiger partial charge in [-0.15, -0.1) is 0 Å². The van der Waals surface area contributed by atoms with E-state index in [0.29, 0.717) is 0 Å². The van der Waals surface area contributed by atoms with E-state index >= 15 is 0 Å². The van der Waals surface area contributed by atoms with Crippen molar-refractivity contribution < 1.29 is 4.74 Å². The summed E-state index contributed by atoms with van der Waals surface area (Å²) in [6.07, 6.45) is 7.90. The van der Waals surface area contributed by atoms with E-state index in [1.807, 2.05) is 0 Å². The first kappa shape index (κ1) is 12.0. The molecule has 98 valence electrons. The molecule has 1 aromatic carbocycles. The second-order valence-corrected chi connectivity index (χ2v) is 5.60. The Morgan fingerprint density at radius 2 is 2.06 bits per heavy atom. The van der Waals surface area contributed by atoms with Gasteiger partial charge in [0.2, 0.25) is 0 Å². The number of hydrogen-bond donors (Lipinski definition) is 1. The van der Waals surface area contributed by atoms with Gasteiger partial charge in [0.05, 0.1) is 0 Å². The Morgan fingerprint density at radius 1 is 1.17 bits per heavy atom.